The molecule has 0 bridgehead atoms. The topological polar surface area (TPSA) is 57.5 Å². The molecule has 4 heteroatoms. The first-order valence-electron chi connectivity index (χ1n) is 2.15. The minimum atomic E-state index is -1.54. The number of carboxylic acids is 1. The molecule has 0 saturated carbocycles. The quantitative estimate of drug-likeness (QED) is 0.544. The summed E-state index contributed by atoms with van der Waals surface area (Å²) in [6.45, 7) is -0.798. The van der Waals surface area contributed by atoms with Crippen molar-refractivity contribution in [2.45, 2.75) is 12.5 Å². The Bertz CT molecular complexity index is 83.4. The molecular weight excluding hydrogens is 115 g/mol. The monoisotopic (exact) mass is 122 g/mol. The standard InChI is InChI=1S/C4H7FO3/c5-2-1-3(6)4(7)8/h3,6H,1-2H2,(H,7,8)/t3-/m0/s1. The van der Waals surface area contributed by atoms with Gasteiger partial charge in [0.1, 0.15) is 0 Å². The van der Waals surface area contributed by atoms with Gasteiger partial charge in [-0.15, -0.1) is 0 Å². The Morgan fingerprint density at radius 2 is 2.25 bits per heavy atom. The minimum absolute atomic E-state index is 0.324. The smallest absolute Gasteiger partial charge is 0.332 e. The van der Waals surface area contributed by atoms with Crippen molar-refractivity contribution in [1.29, 1.82) is 0 Å². The first-order valence-corrected chi connectivity index (χ1v) is 2.15. The zero-order valence-electron chi connectivity index (χ0n) is 4.17. The van der Waals surface area contributed by atoms with Gasteiger partial charge in [0.15, 0.2) is 6.10 Å². The molecule has 0 aromatic heterocycles. The highest BCUT2D eigenvalue weighted by Crippen LogP contribution is 1.90. The molecule has 0 fully saturated rings. The van der Waals surface area contributed by atoms with Gasteiger partial charge in [0.2, 0.25) is 0 Å². The molecule has 0 amide bonds. The van der Waals surface area contributed by atoms with Crippen LogP contribution in [-0.2, 0) is 4.79 Å². The van der Waals surface area contributed by atoms with E-state index in [0.717, 1.165) is 0 Å². The lowest BCUT2D eigenvalue weighted by atomic mass is 10.3. The second-order valence-electron chi connectivity index (χ2n) is 1.33. The second kappa shape index (κ2) is 3.37. The molecule has 0 aromatic rings. The summed E-state index contributed by atoms with van der Waals surface area (Å²) in [6.07, 6.45) is -1.87. The van der Waals surface area contributed by atoms with Crippen LogP contribution in [0.5, 0.6) is 0 Å². The summed E-state index contributed by atoms with van der Waals surface area (Å²) in [5, 5.41) is 16.2. The van der Waals surface area contributed by atoms with Crippen LogP contribution < -0.4 is 0 Å². The summed E-state index contributed by atoms with van der Waals surface area (Å²) in [5.74, 6) is -1.37. The van der Waals surface area contributed by atoms with E-state index < -0.39 is 18.7 Å². The molecule has 0 aliphatic heterocycles. The van der Waals surface area contributed by atoms with E-state index in [9.17, 15) is 9.18 Å². The molecule has 0 heterocycles. The summed E-state index contributed by atoms with van der Waals surface area (Å²) in [5.41, 5.74) is 0. The van der Waals surface area contributed by atoms with Crippen molar-refractivity contribution < 1.29 is 19.4 Å². The van der Waals surface area contributed by atoms with Crippen LogP contribution in [-0.4, -0.2) is 29.0 Å². The number of hydrogen-bond donors (Lipinski definition) is 2. The van der Waals surface area contributed by atoms with Crippen molar-refractivity contribution in [2.24, 2.45) is 0 Å². The number of halogens is 1. The van der Waals surface area contributed by atoms with Crippen LogP contribution in [0.1, 0.15) is 6.42 Å². The lowest BCUT2D eigenvalue weighted by molar-refractivity contribution is -0.147. The lowest BCUT2D eigenvalue weighted by Gasteiger charge is -1.97. The Labute approximate surface area is 45.7 Å². The number of rotatable bonds is 3. The average Bonchev–Trinajstić information content (AvgIpc) is 1.67. The number of aliphatic hydroxyl groups is 1. The summed E-state index contributed by atoms with van der Waals surface area (Å²) >= 11 is 0. The normalized spacial score (nSPS) is 13.2. The van der Waals surface area contributed by atoms with Crippen LogP contribution in [0, 0.1) is 0 Å². The van der Waals surface area contributed by atoms with Crippen molar-refractivity contribution in [3.63, 3.8) is 0 Å². The maximum absolute atomic E-state index is 11.2. The maximum atomic E-state index is 11.2. The molecule has 0 aromatic carbocycles. The number of alkyl halides is 1. The van der Waals surface area contributed by atoms with Gasteiger partial charge in [-0.1, -0.05) is 0 Å². The fourth-order valence-corrected chi connectivity index (χ4v) is 0.227. The van der Waals surface area contributed by atoms with E-state index >= 15 is 0 Å². The van der Waals surface area contributed by atoms with Crippen molar-refractivity contribution in [3.05, 3.63) is 0 Å². The number of aliphatic hydroxyl groups excluding tert-OH is 1. The molecule has 0 aliphatic carbocycles. The van der Waals surface area contributed by atoms with Crippen LogP contribution in [0.4, 0.5) is 4.39 Å². The van der Waals surface area contributed by atoms with Gasteiger partial charge in [0.25, 0.3) is 0 Å². The SMILES string of the molecule is O=C(O)[C@@H](O)CCF. The zero-order valence-corrected chi connectivity index (χ0v) is 4.17. The highest BCUT2D eigenvalue weighted by atomic mass is 19.1. The third-order valence-corrected chi connectivity index (χ3v) is 0.668. The molecule has 1 atom stereocenters. The summed E-state index contributed by atoms with van der Waals surface area (Å²) in [6, 6.07) is 0. The molecule has 8 heavy (non-hydrogen) atoms. The van der Waals surface area contributed by atoms with Gasteiger partial charge in [0.05, 0.1) is 6.67 Å². The minimum Gasteiger partial charge on any atom is -0.479 e. The molecule has 0 saturated heterocycles. The van der Waals surface area contributed by atoms with Crippen molar-refractivity contribution in [3.8, 4) is 0 Å². The molecule has 0 rings (SSSR count). The largest absolute Gasteiger partial charge is 0.479 e. The van der Waals surface area contributed by atoms with Crippen LogP contribution in [0.2, 0.25) is 0 Å². The van der Waals surface area contributed by atoms with Crippen LogP contribution in [0.3, 0.4) is 0 Å². The molecule has 2 N–H and O–H groups in total. The molecule has 3 nitrogen and oxygen atoms in total. The fraction of sp³-hybridized carbons (Fsp3) is 0.750. The van der Waals surface area contributed by atoms with E-state index in [4.69, 9.17) is 10.2 Å². The van der Waals surface area contributed by atoms with E-state index in [0.29, 0.717) is 0 Å². The Kier molecular flexibility index (Phi) is 3.10. The predicted molar refractivity (Wildman–Crippen MR) is 24.2 cm³/mol. The lowest BCUT2D eigenvalue weighted by Crippen LogP contribution is -2.19. The highest BCUT2D eigenvalue weighted by molar-refractivity contribution is 5.71. The van der Waals surface area contributed by atoms with E-state index in [1.165, 1.54) is 0 Å². The summed E-state index contributed by atoms with van der Waals surface area (Å²) in [4.78, 5) is 9.67. The first kappa shape index (κ1) is 7.36. The molecule has 48 valence electrons. The Hall–Kier alpha value is -0.640. The Balaban J connectivity index is 3.32. The van der Waals surface area contributed by atoms with Crippen molar-refractivity contribution >= 4 is 5.97 Å². The van der Waals surface area contributed by atoms with Gasteiger partial charge in [-0.25, -0.2) is 4.79 Å². The van der Waals surface area contributed by atoms with Crippen LogP contribution in [0.15, 0.2) is 0 Å². The zero-order chi connectivity index (χ0) is 6.57. The second-order valence-corrected chi connectivity index (χ2v) is 1.33. The van der Waals surface area contributed by atoms with E-state index in [-0.39, 0.29) is 6.42 Å². The fourth-order valence-electron chi connectivity index (χ4n) is 0.227. The molecule has 0 unspecified atom stereocenters. The predicted octanol–water partition coefficient (Wildman–Crippen LogP) is -0.209. The van der Waals surface area contributed by atoms with Crippen molar-refractivity contribution in [1.82, 2.24) is 0 Å². The van der Waals surface area contributed by atoms with E-state index in [2.05, 4.69) is 0 Å². The third kappa shape index (κ3) is 2.52. The van der Waals surface area contributed by atoms with Gasteiger partial charge >= 0.3 is 5.97 Å². The third-order valence-electron chi connectivity index (χ3n) is 0.668. The Morgan fingerprint density at radius 1 is 1.75 bits per heavy atom. The number of carboxylic acid groups (broad SMARTS) is 1. The van der Waals surface area contributed by atoms with Gasteiger partial charge in [-0.05, 0) is 0 Å². The van der Waals surface area contributed by atoms with Gasteiger partial charge < -0.3 is 10.2 Å². The summed E-state index contributed by atoms with van der Waals surface area (Å²) in [7, 11) is 0. The van der Waals surface area contributed by atoms with Gasteiger partial charge in [-0.3, -0.25) is 4.39 Å². The Morgan fingerprint density at radius 3 is 2.38 bits per heavy atom. The van der Waals surface area contributed by atoms with Gasteiger partial charge in [0, 0.05) is 6.42 Å². The number of aliphatic carboxylic acids is 1. The summed E-state index contributed by atoms with van der Waals surface area (Å²) < 4.78 is 11.2. The maximum Gasteiger partial charge on any atom is 0.332 e. The van der Waals surface area contributed by atoms with E-state index in [1.54, 1.807) is 0 Å². The molecule has 0 spiro atoms. The highest BCUT2D eigenvalue weighted by Gasteiger charge is 2.10. The molecule has 0 radical (unpaired) electrons. The van der Waals surface area contributed by atoms with Crippen LogP contribution in [0.25, 0.3) is 0 Å². The van der Waals surface area contributed by atoms with Crippen LogP contribution >= 0.6 is 0 Å². The van der Waals surface area contributed by atoms with Gasteiger partial charge in [-0.2, -0.15) is 0 Å². The molecule has 0 aliphatic rings. The average molecular weight is 122 g/mol. The van der Waals surface area contributed by atoms with Crippen molar-refractivity contribution in [2.75, 3.05) is 6.67 Å². The number of carbonyl (C=O) groups is 1. The number of hydrogen-bond acceptors (Lipinski definition) is 2. The molecular formula is C4H7FO3. The van der Waals surface area contributed by atoms with E-state index in [1.807, 2.05) is 0 Å². The first-order chi connectivity index (χ1) is 3.68.